The molecule has 1 heterocycles. The number of halogens is 1. The summed E-state index contributed by atoms with van der Waals surface area (Å²) in [6.07, 6.45) is 0.416. The van der Waals surface area contributed by atoms with Gasteiger partial charge >= 0.3 is 0 Å². The molecule has 1 amide bonds. The first kappa shape index (κ1) is 13.4. The van der Waals surface area contributed by atoms with Crippen molar-refractivity contribution in [1.82, 2.24) is 0 Å². The summed E-state index contributed by atoms with van der Waals surface area (Å²) < 4.78 is 6.83. The molecule has 0 aliphatic carbocycles. The van der Waals surface area contributed by atoms with Gasteiger partial charge in [0.1, 0.15) is 5.75 Å². The number of rotatable bonds is 2. The van der Waals surface area contributed by atoms with E-state index in [1.165, 1.54) is 3.57 Å². The number of carbonyl (C=O) groups is 1. The van der Waals surface area contributed by atoms with Crippen LogP contribution in [0.3, 0.4) is 0 Å². The van der Waals surface area contributed by atoms with Crippen LogP contribution < -0.4 is 9.64 Å². The van der Waals surface area contributed by atoms with Crippen molar-refractivity contribution in [3.63, 3.8) is 0 Å². The fourth-order valence-electron chi connectivity index (χ4n) is 2.27. The number of para-hydroxylation sites is 2. The third kappa shape index (κ3) is 2.80. The molecule has 0 radical (unpaired) electrons. The molecule has 0 saturated heterocycles. The summed E-state index contributed by atoms with van der Waals surface area (Å²) in [7, 11) is 0. The Balaban J connectivity index is 1.94. The Morgan fingerprint density at radius 3 is 2.65 bits per heavy atom. The van der Waals surface area contributed by atoms with Crippen LogP contribution in [0.5, 0.6) is 5.75 Å². The molecule has 2 aromatic carbocycles. The molecule has 0 fully saturated rings. The molecular formula is C16H14INO2. The minimum atomic E-state index is 0.105. The highest BCUT2D eigenvalue weighted by Crippen LogP contribution is 2.32. The third-order valence-corrected chi connectivity index (χ3v) is 4.00. The molecule has 3 rings (SSSR count). The predicted octanol–water partition coefficient (Wildman–Crippen LogP) is 3.61. The van der Waals surface area contributed by atoms with Gasteiger partial charge in [-0.1, -0.05) is 24.3 Å². The lowest BCUT2D eigenvalue weighted by Gasteiger charge is -2.22. The first-order chi connectivity index (χ1) is 9.74. The highest BCUT2D eigenvalue weighted by molar-refractivity contribution is 14.1. The molecular weight excluding hydrogens is 365 g/mol. The summed E-state index contributed by atoms with van der Waals surface area (Å²) in [5, 5.41) is 0. The van der Waals surface area contributed by atoms with Crippen molar-refractivity contribution in [2.45, 2.75) is 13.0 Å². The molecule has 102 valence electrons. The minimum Gasteiger partial charge on any atom is -0.491 e. The number of nitrogens with zero attached hydrogens (tertiary/aromatic N) is 1. The lowest BCUT2D eigenvalue weighted by molar-refractivity contribution is -0.118. The highest BCUT2D eigenvalue weighted by atomic mass is 127. The van der Waals surface area contributed by atoms with Gasteiger partial charge in [-0.3, -0.25) is 4.79 Å². The summed E-state index contributed by atoms with van der Waals surface area (Å²) in [5.74, 6) is 0.886. The molecule has 1 aliphatic rings. The molecule has 0 atom stereocenters. The van der Waals surface area contributed by atoms with Crippen molar-refractivity contribution in [2.75, 3.05) is 11.5 Å². The summed E-state index contributed by atoms with van der Waals surface area (Å²) in [5.41, 5.74) is 1.98. The van der Waals surface area contributed by atoms with Crippen LogP contribution in [-0.2, 0) is 11.3 Å². The van der Waals surface area contributed by atoms with Crippen LogP contribution in [0.15, 0.2) is 48.5 Å². The van der Waals surface area contributed by atoms with Crippen LogP contribution in [0.1, 0.15) is 12.0 Å². The van der Waals surface area contributed by atoms with Crippen molar-refractivity contribution < 1.29 is 9.53 Å². The second-order valence-corrected chi connectivity index (χ2v) is 5.92. The molecule has 0 N–H and O–H groups in total. The summed E-state index contributed by atoms with van der Waals surface area (Å²) in [6.45, 7) is 1.02. The van der Waals surface area contributed by atoms with E-state index in [1.54, 1.807) is 0 Å². The molecule has 0 unspecified atom stereocenters. The zero-order valence-corrected chi connectivity index (χ0v) is 13.0. The molecule has 2 aromatic rings. The Bertz CT molecular complexity index is 625. The Morgan fingerprint density at radius 1 is 1.10 bits per heavy atom. The molecule has 3 nitrogen and oxygen atoms in total. The predicted molar refractivity (Wildman–Crippen MR) is 86.9 cm³/mol. The highest BCUT2D eigenvalue weighted by Gasteiger charge is 2.22. The molecule has 1 aliphatic heterocycles. The van der Waals surface area contributed by atoms with Crippen molar-refractivity contribution >= 4 is 34.2 Å². The molecule has 0 bridgehead atoms. The smallest absolute Gasteiger partial charge is 0.230 e. The molecule has 0 spiro atoms. The van der Waals surface area contributed by atoms with Gasteiger partial charge in [-0.15, -0.1) is 0 Å². The molecule has 4 heteroatoms. The average molecular weight is 379 g/mol. The number of amides is 1. The van der Waals surface area contributed by atoms with E-state index in [0.29, 0.717) is 19.6 Å². The van der Waals surface area contributed by atoms with E-state index in [0.717, 1.165) is 17.0 Å². The maximum atomic E-state index is 12.3. The number of fused-ring (bicyclic) bond motifs is 1. The van der Waals surface area contributed by atoms with E-state index in [4.69, 9.17) is 4.74 Å². The Hall–Kier alpha value is -1.56. The van der Waals surface area contributed by atoms with Gasteiger partial charge in [0.05, 0.1) is 25.3 Å². The summed E-state index contributed by atoms with van der Waals surface area (Å²) in [4.78, 5) is 14.1. The van der Waals surface area contributed by atoms with Gasteiger partial charge in [-0.05, 0) is 52.4 Å². The molecule has 0 aromatic heterocycles. The van der Waals surface area contributed by atoms with Gasteiger partial charge in [0, 0.05) is 3.57 Å². The lowest BCUT2D eigenvalue weighted by atomic mass is 10.2. The normalized spacial score (nSPS) is 14.4. The third-order valence-electron chi connectivity index (χ3n) is 3.28. The number of benzene rings is 2. The lowest BCUT2D eigenvalue weighted by Crippen LogP contribution is -2.29. The summed E-state index contributed by atoms with van der Waals surface area (Å²) in [6, 6.07) is 15.9. The van der Waals surface area contributed by atoms with E-state index < -0.39 is 0 Å². The first-order valence-electron chi connectivity index (χ1n) is 6.51. The minimum absolute atomic E-state index is 0.105. The largest absolute Gasteiger partial charge is 0.491 e. The monoisotopic (exact) mass is 379 g/mol. The zero-order valence-electron chi connectivity index (χ0n) is 10.9. The second kappa shape index (κ2) is 5.83. The van der Waals surface area contributed by atoms with Crippen LogP contribution in [0, 0.1) is 3.57 Å². The Kier molecular flexibility index (Phi) is 3.91. The fraction of sp³-hybridized carbons (Fsp3) is 0.188. The number of anilines is 1. The van der Waals surface area contributed by atoms with E-state index in [1.807, 2.05) is 29.2 Å². The standard InChI is InChI=1S/C16H14INO2/c17-13-7-5-12(6-8-13)11-18-14-3-1-2-4-15(14)20-10-9-16(18)19/h1-8H,9-11H2. The van der Waals surface area contributed by atoms with Gasteiger partial charge < -0.3 is 9.64 Å². The first-order valence-corrected chi connectivity index (χ1v) is 7.58. The molecule has 20 heavy (non-hydrogen) atoms. The average Bonchev–Trinajstić information content (AvgIpc) is 2.62. The number of carbonyl (C=O) groups excluding carboxylic acids is 1. The SMILES string of the molecule is O=C1CCOc2ccccc2N1Cc1ccc(I)cc1. The summed E-state index contributed by atoms with van der Waals surface area (Å²) >= 11 is 2.28. The van der Waals surface area contributed by atoms with E-state index in [-0.39, 0.29) is 5.91 Å². The van der Waals surface area contributed by atoms with Crippen LogP contribution in [0.25, 0.3) is 0 Å². The number of hydrogen-bond acceptors (Lipinski definition) is 2. The second-order valence-electron chi connectivity index (χ2n) is 4.67. The van der Waals surface area contributed by atoms with Crippen LogP contribution in [0.2, 0.25) is 0 Å². The van der Waals surface area contributed by atoms with Gasteiger partial charge in [0.25, 0.3) is 0 Å². The maximum Gasteiger partial charge on any atom is 0.230 e. The van der Waals surface area contributed by atoms with Gasteiger partial charge in [0.2, 0.25) is 5.91 Å². The Morgan fingerprint density at radius 2 is 1.85 bits per heavy atom. The van der Waals surface area contributed by atoms with Crippen LogP contribution in [0.4, 0.5) is 5.69 Å². The maximum absolute atomic E-state index is 12.3. The van der Waals surface area contributed by atoms with Crippen LogP contribution >= 0.6 is 22.6 Å². The Labute approximate surface area is 131 Å². The van der Waals surface area contributed by atoms with E-state index >= 15 is 0 Å². The van der Waals surface area contributed by atoms with Gasteiger partial charge in [-0.2, -0.15) is 0 Å². The quantitative estimate of drug-likeness (QED) is 0.747. The van der Waals surface area contributed by atoms with Crippen molar-refractivity contribution in [1.29, 1.82) is 0 Å². The van der Waals surface area contributed by atoms with Crippen molar-refractivity contribution in [3.05, 3.63) is 57.7 Å². The van der Waals surface area contributed by atoms with Gasteiger partial charge in [-0.25, -0.2) is 0 Å². The van der Waals surface area contributed by atoms with Crippen molar-refractivity contribution in [3.8, 4) is 5.75 Å². The number of hydrogen-bond donors (Lipinski definition) is 0. The zero-order chi connectivity index (χ0) is 13.9. The fourth-order valence-corrected chi connectivity index (χ4v) is 2.63. The van der Waals surface area contributed by atoms with E-state index in [2.05, 4.69) is 46.9 Å². The van der Waals surface area contributed by atoms with Crippen LogP contribution in [-0.4, -0.2) is 12.5 Å². The van der Waals surface area contributed by atoms with E-state index in [9.17, 15) is 4.79 Å². The van der Waals surface area contributed by atoms with Gasteiger partial charge in [0.15, 0.2) is 0 Å². The van der Waals surface area contributed by atoms with Crippen molar-refractivity contribution in [2.24, 2.45) is 0 Å². The number of ether oxygens (including phenoxy) is 1. The topological polar surface area (TPSA) is 29.5 Å². The molecule has 0 saturated carbocycles.